The second-order valence-electron chi connectivity index (χ2n) is 9.23. The van der Waals surface area contributed by atoms with Gasteiger partial charge in [0.25, 0.3) is 0 Å². The van der Waals surface area contributed by atoms with E-state index in [1.807, 2.05) is 0 Å². The predicted octanol–water partition coefficient (Wildman–Crippen LogP) is 8.01. The van der Waals surface area contributed by atoms with Crippen LogP contribution in [-0.4, -0.2) is 8.80 Å². The first-order valence-corrected chi connectivity index (χ1v) is 13.8. The number of rotatable bonds is 8. The Morgan fingerprint density at radius 3 is 1.96 bits per heavy atom. The Kier molecular flexibility index (Phi) is 8.30. The van der Waals surface area contributed by atoms with Crippen LogP contribution in [0.3, 0.4) is 0 Å². The standard InChI is InChI=1S/C25H41Si/c1-3-5-21-8-12-24(13-9-21)25-14-10-22(11-15-25)6-7-23-16-19-26(18-4-2)20-17-23/h8-9,12-13,22-23,25H,3-7,10-11,14-20H2,1-2H3. The zero-order valence-corrected chi connectivity index (χ0v) is 18.4. The highest BCUT2D eigenvalue weighted by atomic mass is 28.3. The second-order valence-corrected chi connectivity index (χ2v) is 12.2. The van der Waals surface area contributed by atoms with Gasteiger partial charge < -0.3 is 0 Å². The van der Waals surface area contributed by atoms with Crippen LogP contribution < -0.4 is 0 Å². The fourth-order valence-electron chi connectivity index (χ4n) is 5.48. The van der Waals surface area contributed by atoms with Crippen molar-refractivity contribution < 1.29 is 0 Å². The smallest absolute Gasteiger partial charge is 0.0479 e. The van der Waals surface area contributed by atoms with Gasteiger partial charge in [-0.05, 0) is 61.0 Å². The van der Waals surface area contributed by atoms with Crippen LogP contribution in [0, 0.1) is 11.8 Å². The molecule has 0 N–H and O–H groups in total. The summed E-state index contributed by atoms with van der Waals surface area (Å²) in [6.07, 6.45) is 16.0. The van der Waals surface area contributed by atoms with E-state index in [1.165, 1.54) is 56.9 Å². The fraction of sp³-hybridized carbons (Fsp3) is 0.760. The minimum Gasteiger partial charge on any atom is -0.0657 e. The van der Waals surface area contributed by atoms with Gasteiger partial charge in [0.2, 0.25) is 0 Å². The maximum Gasteiger partial charge on any atom is 0.0479 e. The lowest BCUT2D eigenvalue weighted by Gasteiger charge is -2.31. The fourth-order valence-corrected chi connectivity index (χ4v) is 8.57. The highest BCUT2D eigenvalue weighted by Gasteiger charge is 2.25. The van der Waals surface area contributed by atoms with Crippen LogP contribution in [0.2, 0.25) is 18.1 Å². The van der Waals surface area contributed by atoms with Crippen molar-refractivity contribution in [2.24, 2.45) is 11.8 Å². The van der Waals surface area contributed by atoms with Crippen LogP contribution in [0.25, 0.3) is 0 Å². The molecule has 1 saturated carbocycles. The summed E-state index contributed by atoms with van der Waals surface area (Å²) >= 11 is 0. The van der Waals surface area contributed by atoms with Crippen molar-refractivity contribution >= 4 is 8.80 Å². The lowest BCUT2D eigenvalue weighted by Crippen LogP contribution is -2.22. The molecule has 0 spiro atoms. The minimum atomic E-state index is 0.0820. The molecule has 1 heteroatoms. The van der Waals surface area contributed by atoms with Gasteiger partial charge in [0.15, 0.2) is 0 Å². The Bertz CT molecular complexity index is 489. The molecule has 2 aliphatic rings. The Morgan fingerprint density at radius 2 is 1.38 bits per heavy atom. The van der Waals surface area contributed by atoms with Crippen molar-refractivity contribution in [2.45, 2.75) is 109 Å². The van der Waals surface area contributed by atoms with Gasteiger partial charge in [0.1, 0.15) is 0 Å². The van der Waals surface area contributed by atoms with Crippen LogP contribution in [0.1, 0.15) is 95.1 Å². The highest BCUT2D eigenvalue weighted by Crippen LogP contribution is 2.39. The van der Waals surface area contributed by atoms with E-state index in [-0.39, 0.29) is 8.80 Å². The first kappa shape index (κ1) is 20.2. The molecule has 1 aliphatic carbocycles. The molecule has 1 aliphatic heterocycles. The molecular weight excluding hydrogens is 328 g/mol. The van der Waals surface area contributed by atoms with Crippen molar-refractivity contribution in [3.63, 3.8) is 0 Å². The molecule has 0 atom stereocenters. The van der Waals surface area contributed by atoms with Crippen LogP contribution in [0.5, 0.6) is 0 Å². The van der Waals surface area contributed by atoms with Gasteiger partial charge in [-0.2, -0.15) is 0 Å². The van der Waals surface area contributed by atoms with E-state index in [0.717, 1.165) is 17.8 Å². The maximum atomic E-state index is 2.42. The van der Waals surface area contributed by atoms with Gasteiger partial charge in [-0.25, -0.2) is 0 Å². The van der Waals surface area contributed by atoms with Gasteiger partial charge in [0, 0.05) is 8.80 Å². The van der Waals surface area contributed by atoms with Crippen LogP contribution in [-0.2, 0) is 6.42 Å². The molecule has 2 fully saturated rings. The van der Waals surface area contributed by atoms with Crippen LogP contribution >= 0.6 is 0 Å². The number of benzene rings is 1. The molecule has 1 radical (unpaired) electrons. The first-order chi connectivity index (χ1) is 12.8. The molecule has 0 nitrogen and oxygen atoms in total. The summed E-state index contributed by atoms with van der Waals surface area (Å²) in [6.45, 7) is 4.65. The van der Waals surface area contributed by atoms with Gasteiger partial charge in [-0.1, -0.05) is 94.8 Å². The number of hydrogen-bond acceptors (Lipinski definition) is 0. The predicted molar refractivity (Wildman–Crippen MR) is 118 cm³/mol. The normalized spacial score (nSPS) is 25.5. The topological polar surface area (TPSA) is 0 Å². The van der Waals surface area contributed by atoms with E-state index in [9.17, 15) is 0 Å². The highest BCUT2D eigenvalue weighted by molar-refractivity contribution is 6.58. The van der Waals surface area contributed by atoms with E-state index >= 15 is 0 Å². The molecule has 1 aromatic carbocycles. The summed E-state index contributed by atoms with van der Waals surface area (Å²) in [6, 6.07) is 14.4. The summed E-state index contributed by atoms with van der Waals surface area (Å²) < 4.78 is 0. The van der Waals surface area contributed by atoms with E-state index < -0.39 is 0 Å². The monoisotopic (exact) mass is 369 g/mol. The minimum absolute atomic E-state index is 0.0820. The molecular formula is C25H41Si. The van der Waals surface area contributed by atoms with Gasteiger partial charge in [-0.3, -0.25) is 0 Å². The molecule has 1 saturated heterocycles. The lowest BCUT2D eigenvalue weighted by molar-refractivity contribution is 0.280. The zero-order valence-electron chi connectivity index (χ0n) is 17.4. The van der Waals surface area contributed by atoms with Crippen molar-refractivity contribution in [1.29, 1.82) is 0 Å². The van der Waals surface area contributed by atoms with Crippen molar-refractivity contribution in [3.8, 4) is 0 Å². The largest absolute Gasteiger partial charge is 0.0657 e. The molecule has 1 heterocycles. The number of aryl methyl sites for hydroxylation is 1. The van der Waals surface area contributed by atoms with E-state index in [4.69, 9.17) is 0 Å². The van der Waals surface area contributed by atoms with Gasteiger partial charge in [-0.15, -0.1) is 0 Å². The van der Waals surface area contributed by atoms with E-state index in [0.29, 0.717) is 0 Å². The van der Waals surface area contributed by atoms with Crippen molar-refractivity contribution in [1.82, 2.24) is 0 Å². The van der Waals surface area contributed by atoms with Gasteiger partial charge in [0.05, 0.1) is 0 Å². The van der Waals surface area contributed by atoms with Crippen molar-refractivity contribution in [2.75, 3.05) is 0 Å². The Hall–Kier alpha value is -0.563. The molecule has 145 valence electrons. The molecule has 26 heavy (non-hydrogen) atoms. The number of hydrogen-bond donors (Lipinski definition) is 0. The summed E-state index contributed by atoms with van der Waals surface area (Å²) in [4.78, 5) is 0. The third kappa shape index (κ3) is 5.97. The summed E-state index contributed by atoms with van der Waals surface area (Å²) in [5.41, 5.74) is 3.13. The Labute approximate surface area is 164 Å². The zero-order chi connectivity index (χ0) is 18.2. The van der Waals surface area contributed by atoms with Crippen LogP contribution in [0.15, 0.2) is 24.3 Å². The first-order valence-electron chi connectivity index (χ1n) is 11.7. The molecule has 0 bridgehead atoms. The Morgan fingerprint density at radius 1 is 0.769 bits per heavy atom. The third-order valence-corrected chi connectivity index (χ3v) is 10.4. The molecule has 3 rings (SSSR count). The molecule has 0 unspecified atom stereocenters. The van der Waals surface area contributed by atoms with E-state index in [2.05, 4.69) is 38.1 Å². The maximum absolute atomic E-state index is 2.42. The summed E-state index contributed by atoms with van der Waals surface area (Å²) in [5.74, 6) is 2.97. The summed E-state index contributed by atoms with van der Waals surface area (Å²) in [7, 11) is 0.0820. The van der Waals surface area contributed by atoms with E-state index in [1.54, 1.807) is 43.0 Å². The SMILES string of the molecule is CCCc1ccc(C2CCC(CCC3CC[Si](CCC)CC3)CC2)cc1. The molecule has 0 aromatic heterocycles. The average molecular weight is 370 g/mol. The van der Waals surface area contributed by atoms with Gasteiger partial charge >= 0.3 is 0 Å². The van der Waals surface area contributed by atoms with Crippen LogP contribution in [0.4, 0.5) is 0 Å². The lowest BCUT2D eigenvalue weighted by atomic mass is 9.76. The Balaban J connectivity index is 1.35. The third-order valence-electron chi connectivity index (χ3n) is 7.24. The van der Waals surface area contributed by atoms with Crippen molar-refractivity contribution in [3.05, 3.63) is 35.4 Å². The molecule has 0 amide bonds. The summed E-state index contributed by atoms with van der Waals surface area (Å²) in [5, 5.41) is 0. The molecule has 1 aromatic rings. The quantitative estimate of drug-likeness (QED) is 0.407. The average Bonchev–Trinajstić information content (AvgIpc) is 2.69. The second kappa shape index (κ2) is 10.7.